The van der Waals surface area contributed by atoms with Gasteiger partial charge < -0.3 is 0 Å². The zero-order valence-electron chi connectivity index (χ0n) is 8.18. The van der Waals surface area contributed by atoms with Crippen molar-refractivity contribution in [3.05, 3.63) is 41.5 Å². The summed E-state index contributed by atoms with van der Waals surface area (Å²) in [4.78, 5) is 0. The van der Waals surface area contributed by atoms with Gasteiger partial charge in [0.2, 0.25) is 0 Å². The zero-order chi connectivity index (χ0) is 9.68. The average Bonchev–Trinajstić information content (AvgIpc) is 2.15. The van der Waals surface area contributed by atoms with Crippen LogP contribution in [0, 0.1) is 6.92 Å². The molecule has 0 saturated carbocycles. The van der Waals surface area contributed by atoms with E-state index in [4.69, 9.17) is 0 Å². The number of halogens is 1. The van der Waals surface area contributed by atoms with Crippen LogP contribution < -0.4 is 0 Å². The molecule has 0 aliphatic rings. The third-order valence-electron chi connectivity index (χ3n) is 2.13. The summed E-state index contributed by atoms with van der Waals surface area (Å²) in [6.07, 6.45) is 3.37. The molecular formula is C12H15Br. The average molecular weight is 239 g/mol. The van der Waals surface area contributed by atoms with Gasteiger partial charge in [-0.3, -0.25) is 0 Å². The zero-order valence-corrected chi connectivity index (χ0v) is 9.76. The summed E-state index contributed by atoms with van der Waals surface area (Å²) in [5.41, 5.74) is 4.09. The second-order valence-corrected chi connectivity index (χ2v) is 3.97. The lowest BCUT2D eigenvalue weighted by molar-refractivity contribution is 1.25. The molecule has 0 atom stereocenters. The first-order valence-electron chi connectivity index (χ1n) is 4.54. The normalized spacial score (nSPS) is 11.8. The molecule has 13 heavy (non-hydrogen) atoms. The molecule has 0 nitrogen and oxygen atoms in total. The minimum absolute atomic E-state index is 1.04. The van der Waals surface area contributed by atoms with E-state index in [2.05, 4.69) is 60.1 Å². The van der Waals surface area contributed by atoms with Crippen molar-refractivity contribution in [2.24, 2.45) is 0 Å². The Bertz CT molecular complexity index is 300. The van der Waals surface area contributed by atoms with E-state index in [0.29, 0.717) is 0 Å². The fraction of sp³-hybridized carbons (Fsp3) is 0.333. The van der Waals surface area contributed by atoms with Crippen LogP contribution in [-0.4, -0.2) is 5.33 Å². The van der Waals surface area contributed by atoms with Gasteiger partial charge in [0.15, 0.2) is 0 Å². The van der Waals surface area contributed by atoms with E-state index >= 15 is 0 Å². The summed E-state index contributed by atoms with van der Waals surface area (Å²) in [5, 5.41) is 1.04. The maximum Gasteiger partial charge on any atom is 0.00661 e. The summed E-state index contributed by atoms with van der Waals surface area (Å²) in [6, 6.07) is 8.50. The van der Waals surface area contributed by atoms with Crippen LogP contribution in [0.25, 0.3) is 5.57 Å². The van der Waals surface area contributed by atoms with E-state index in [1.807, 2.05) is 0 Å². The highest BCUT2D eigenvalue weighted by Crippen LogP contribution is 2.18. The third-order valence-corrected chi connectivity index (χ3v) is 2.59. The van der Waals surface area contributed by atoms with Crippen molar-refractivity contribution >= 4 is 21.5 Å². The molecule has 0 aliphatic heterocycles. The summed E-state index contributed by atoms with van der Waals surface area (Å²) in [7, 11) is 0. The van der Waals surface area contributed by atoms with Crippen molar-refractivity contribution < 1.29 is 0 Å². The van der Waals surface area contributed by atoms with Gasteiger partial charge in [-0.15, -0.1) is 0 Å². The monoisotopic (exact) mass is 238 g/mol. The van der Waals surface area contributed by atoms with E-state index in [9.17, 15) is 0 Å². The fourth-order valence-corrected chi connectivity index (χ4v) is 1.63. The predicted octanol–water partition coefficient (Wildman–Crippen LogP) is 4.18. The van der Waals surface area contributed by atoms with E-state index < -0.39 is 0 Å². The van der Waals surface area contributed by atoms with Crippen LogP contribution in [0.3, 0.4) is 0 Å². The maximum atomic E-state index is 3.42. The molecule has 0 heterocycles. The Balaban J connectivity index is 2.88. The molecule has 0 saturated heterocycles. The Morgan fingerprint density at radius 1 is 1.38 bits per heavy atom. The molecule has 1 heteroatoms. The topological polar surface area (TPSA) is 0 Å². The molecular weight excluding hydrogens is 224 g/mol. The smallest absolute Gasteiger partial charge is 0.00661 e. The highest BCUT2D eigenvalue weighted by molar-refractivity contribution is 9.09. The number of aryl methyl sites for hydroxylation is 1. The number of alkyl halides is 1. The molecule has 0 fully saturated rings. The Hall–Kier alpha value is -0.560. The first-order valence-corrected chi connectivity index (χ1v) is 5.66. The first kappa shape index (κ1) is 10.5. The number of hydrogen-bond donors (Lipinski definition) is 0. The van der Waals surface area contributed by atoms with Crippen molar-refractivity contribution in [2.75, 3.05) is 5.33 Å². The van der Waals surface area contributed by atoms with Gasteiger partial charge in [0.25, 0.3) is 0 Å². The molecule has 1 rings (SSSR count). The fourth-order valence-electron chi connectivity index (χ4n) is 1.40. The lowest BCUT2D eigenvalue weighted by Gasteiger charge is -2.04. The second kappa shape index (κ2) is 5.23. The summed E-state index contributed by atoms with van der Waals surface area (Å²) in [5.74, 6) is 0. The lowest BCUT2D eigenvalue weighted by atomic mass is 10.0. The maximum absolute atomic E-state index is 3.42. The predicted molar refractivity (Wildman–Crippen MR) is 63.2 cm³/mol. The largest absolute Gasteiger partial charge is 0.0925 e. The van der Waals surface area contributed by atoms with Crippen LogP contribution >= 0.6 is 15.9 Å². The van der Waals surface area contributed by atoms with Crippen molar-refractivity contribution in [1.82, 2.24) is 0 Å². The molecule has 0 N–H and O–H groups in total. The van der Waals surface area contributed by atoms with Crippen LogP contribution in [0.5, 0.6) is 0 Å². The van der Waals surface area contributed by atoms with E-state index in [0.717, 1.165) is 11.8 Å². The van der Waals surface area contributed by atoms with Crippen molar-refractivity contribution in [2.45, 2.75) is 20.3 Å². The van der Waals surface area contributed by atoms with Gasteiger partial charge in [-0.25, -0.2) is 0 Å². The van der Waals surface area contributed by atoms with Crippen molar-refractivity contribution in [3.8, 4) is 0 Å². The first-order chi connectivity index (χ1) is 6.25. The van der Waals surface area contributed by atoms with Crippen LogP contribution in [0.4, 0.5) is 0 Å². The molecule has 0 aliphatic carbocycles. The van der Waals surface area contributed by atoms with Crippen molar-refractivity contribution in [1.29, 1.82) is 0 Å². The molecule has 0 spiro atoms. The van der Waals surface area contributed by atoms with Crippen molar-refractivity contribution in [3.63, 3.8) is 0 Å². The highest BCUT2D eigenvalue weighted by atomic mass is 79.9. The van der Waals surface area contributed by atoms with Gasteiger partial charge in [-0.2, -0.15) is 0 Å². The Kier molecular flexibility index (Phi) is 4.23. The molecule has 0 aromatic heterocycles. The lowest BCUT2D eigenvalue weighted by Crippen LogP contribution is -1.84. The Labute approximate surface area is 88.8 Å². The summed E-state index contributed by atoms with van der Waals surface area (Å²) >= 11 is 3.42. The molecule has 0 amide bonds. The van der Waals surface area contributed by atoms with Gasteiger partial charge in [0.1, 0.15) is 0 Å². The van der Waals surface area contributed by atoms with Gasteiger partial charge in [-0.05, 0) is 37.0 Å². The molecule has 0 bridgehead atoms. The second-order valence-electron chi connectivity index (χ2n) is 3.18. The van der Waals surface area contributed by atoms with Gasteiger partial charge in [-0.1, -0.05) is 46.3 Å². The molecule has 70 valence electrons. The van der Waals surface area contributed by atoms with E-state index in [1.165, 1.54) is 16.7 Å². The van der Waals surface area contributed by atoms with Crippen LogP contribution in [0.15, 0.2) is 30.3 Å². The van der Waals surface area contributed by atoms with Crippen LogP contribution in [0.2, 0.25) is 0 Å². The summed E-state index contributed by atoms with van der Waals surface area (Å²) in [6.45, 7) is 4.33. The van der Waals surface area contributed by atoms with Gasteiger partial charge >= 0.3 is 0 Å². The number of allylic oxidation sites excluding steroid dienone is 2. The molecule has 1 aromatic carbocycles. The summed E-state index contributed by atoms with van der Waals surface area (Å²) < 4.78 is 0. The van der Waals surface area contributed by atoms with Crippen LogP contribution in [-0.2, 0) is 0 Å². The molecule has 0 radical (unpaired) electrons. The third kappa shape index (κ3) is 3.00. The number of hydrogen-bond acceptors (Lipinski definition) is 0. The van der Waals surface area contributed by atoms with Gasteiger partial charge in [0.05, 0.1) is 0 Å². The Morgan fingerprint density at radius 3 is 2.69 bits per heavy atom. The molecule has 0 unspecified atom stereocenters. The van der Waals surface area contributed by atoms with E-state index in [-0.39, 0.29) is 0 Å². The number of benzene rings is 1. The SMILES string of the molecule is CC(=CCCBr)c1ccccc1C. The minimum atomic E-state index is 1.04. The Morgan fingerprint density at radius 2 is 2.08 bits per heavy atom. The highest BCUT2D eigenvalue weighted by Gasteiger charge is 1.97. The molecule has 1 aromatic rings. The quantitative estimate of drug-likeness (QED) is 0.694. The van der Waals surface area contributed by atoms with E-state index in [1.54, 1.807) is 0 Å². The van der Waals surface area contributed by atoms with Crippen LogP contribution in [0.1, 0.15) is 24.5 Å². The minimum Gasteiger partial charge on any atom is -0.0925 e. The standard InChI is InChI=1S/C12H15Br/c1-10-6-3-4-8-12(10)11(2)7-5-9-13/h3-4,6-8H,5,9H2,1-2H3. The number of rotatable bonds is 3. The van der Waals surface area contributed by atoms with Gasteiger partial charge in [0, 0.05) is 5.33 Å².